The summed E-state index contributed by atoms with van der Waals surface area (Å²) in [7, 11) is 0. The van der Waals surface area contributed by atoms with E-state index >= 15 is 0 Å². The van der Waals surface area contributed by atoms with Crippen LogP contribution < -0.4 is 5.32 Å². The number of nitrogens with one attached hydrogen (secondary N) is 1. The highest BCUT2D eigenvalue weighted by Crippen LogP contribution is 2.14. The molecular formula is C18H17N3O. The van der Waals surface area contributed by atoms with Gasteiger partial charge < -0.3 is 5.32 Å². The van der Waals surface area contributed by atoms with Crippen LogP contribution in [0, 0.1) is 0 Å². The van der Waals surface area contributed by atoms with Crippen molar-refractivity contribution in [3.05, 3.63) is 78.4 Å². The summed E-state index contributed by atoms with van der Waals surface area (Å²) < 4.78 is 1.77. The maximum absolute atomic E-state index is 12.5. The van der Waals surface area contributed by atoms with Crippen molar-refractivity contribution < 1.29 is 4.79 Å². The molecule has 0 radical (unpaired) electrons. The zero-order valence-electron chi connectivity index (χ0n) is 12.4. The maximum Gasteiger partial charge on any atom is 0.274 e. The molecule has 0 aliphatic carbocycles. The zero-order valence-corrected chi connectivity index (χ0v) is 12.4. The lowest BCUT2D eigenvalue weighted by molar-refractivity contribution is 0.102. The van der Waals surface area contributed by atoms with Gasteiger partial charge in [-0.05, 0) is 36.2 Å². The Morgan fingerprint density at radius 3 is 2.50 bits per heavy atom. The first-order chi connectivity index (χ1) is 10.8. The van der Waals surface area contributed by atoms with Crippen molar-refractivity contribution >= 4 is 11.6 Å². The number of carbonyl (C=O) groups is 1. The normalized spacial score (nSPS) is 10.4. The molecule has 2 aromatic carbocycles. The third-order valence-corrected chi connectivity index (χ3v) is 3.53. The van der Waals surface area contributed by atoms with Gasteiger partial charge in [0.05, 0.1) is 12.5 Å². The quantitative estimate of drug-likeness (QED) is 0.797. The number of anilines is 1. The highest BCUT2D eigenvalue weighted by atomic mass is 16.2. The van der Waals surface area contributed by atoms with E-state index in [9.17, 15) is 4.79 Å². The lowest BCUT2D eigenvalue weighted by Gasteiger charge is -2.09. The Morgan fingerprint density at radius 2 is 1.82 bits per heavy atom. The lowest BCUT2D eigenvalue weighted by atomic mass is 10.1. The van der Waals surface area contributed by atoms with Crippen molar-refractivity contribution in [2.45, 2.75) is 13.3 Å². The molecule has 1 heterocycles. The highest BCUT2D eigenvalue weighted by molar-refractivity contribution is 6.03. The van der Waals surface area contributed by atoms with Gasteiger partial charge >= 0.3 is 0 Å². The first kappa shape index (κ1) is 14.1. The average Bonchev–Trinajstić information content (AvgIpc) is 3.06. The molecule has 0 aliphatic heterocycles. The predicted molar refractivity (Wildman–Crippen MR) is 87.3 cm³/mol. The SMILES string of the molecule is CCc1ccc(NC(=O)c2cncn2-c2ccccc2)cc1. The summed E-state index contributed by atoms with van der Waals surface area (Å²) >= 11 is 0. The van der Waals surface area contributed by atoms with Crippen LogP contribution in [0.2, 0.25) is 0 Å². The highest BCUT2D eigenvalue weighted by Gasteiger charge is 2.13. The van der Waals surface area contributed by atoms with E-state index in [1.165, 1.54) is 5.56 Å². The molecule has 0 atom stereocenters. The fraction of sp³-hybridized carbons (Fsp3) is 0.111. The van der Waals surface area contributed by atoms with E-state index in [4.69, 9.17) is 0 Å². The van der Waals surface area contributed by atoms with Crippen LogP contribution in [0.5, 0.6) is 0 Å². The number of imidazole rings is 1. The van der Waals surface area contributed by atoms with Crippen molar-refractivity contribution in [3.63, 3.8) is 0 Å². The van der Waals surface area contributed by atoms with Gasteiger partial charge in [0.1, 0.15) is 5.69 Å². The van der Waals surface area contributed by atoms with E-state index < -0.39 is 0 Å². The second-order valence-electron chi connectivity index (χ2n) is 4.99. The number of benzene rings is 2. The largest absolute Gasteiger partial charge is 0.321 e. The number of para-hydroxylation sites is 1. The molecule has 22 heavy (non-hydrogen) atoms. The number of hydrogen-bond donors (Lipinski definition) is 1. The third kappa shape index (κ3) is 2.91. The van der Waals surface area contributed by atoms with Crippen LogP contribution in [0.25, 0.3) is 5.69 Å². The van der Waals surface area contributed by atoms with Gasteiger partial charge in [-0.3, -0.25) is 9.36 Å². The molecule has 1 amide bonds. The third-order valence-electron chi connectivity index (χ3n) is 3.53. The van der Waals surface area contributed by atoms with Crippen molar-refractivity contribution in [1.82, 2.24) is 9.55 Å². The fourth-order valence-corrected chi connectivity index (χ4v) is 2.28. The minimum Gasteiger partial charge on any atom is -0.321 e. The Morgan fingerprint density at radius 1 is 1.09 bits per heavy atom. The van der Waals surface area contributed by atoms with Gasteiger partial charge in [0, 0.05) is 11.4 Å². The molecule has 0 fully saturated rings. The number of aryl methyl sites for hydroxylation is 1. The molecule has 4 nitrogen and oxygen atoms in total. The summed E-state index contributed by atoms with van der Waals surface area (Å²) in [5, 5.41) is 2.91. The molecule has 0 saturated heterocycles. The Balaban J connectivity index is 1.82. The summed E-state index contributed by atoms with van der Waals surface area (Å²) in [6, 6.07) is 17.5. The second kappa shape index (κ2) is 6.26. The smallest absolute Gasteiger partial charge is 0.274 e. The van der Waals surface area contributed by atoms with Gasteiger partial charge in [-0.1, -0.05) is 37.3 Å². The van der Waals surface area contributed by atoms with Crippen LogP contribution in [0.1, 0.15) is 23.0 Å². The summed E-state index contributed by atoms with van der Waals surface area (Å²) in [6.07, 6.45) is 4.20. The van der Waals surface area contributed by atoms with Gasteiger partial charge in [0.2, 0.25) is 0 Å². The summed E-state index contributed by atoms with van der Waals surface area (Å²) in [5.41, 5.74) is 3.44. The molecule has 0 saturated carbocycles. The number of carbonyl (C=O) groups excluding carboxylic acids is 1. The first-order valence-electron chi connectivity index (χ1n) is 7.26. The minimum atomic E-state index is -0.175. The number of rotatable bonds is 4. The maximum atomic E-state index is 12.5. The molecule has 4 heteroatoms. The number of nitrogens with zero attached hydrogens (tertiary/aromatic N) is 2. The van der Waals surface area contributed by atoms with E-state index in [0.29, 0.717) is 5.69 Å². The van der Waals surface area contributed by atoms with Crippen LogP contribution in [-0.2, 0) is 6.42 Å². The fourth-order valence-electron chi connectivity index (χ4n) is 2.28. The topological polar surface area (TPSA) is 46.9 Å². The number of amides is 1. The predicted octanol–water partition coefficient (Wildman–Crippen LogP) is 3.69. The van der Waals surface area contributed by atoms with Crippen LogP contribution in [0.4, 0.5) is 5.69 Å². The Bertz CT molecular complexity index is 761. The van der Waals surface area contributed by atoms with E-state index in [1.54, 1.807) is 17.1 Å². The standard InChI is InChI=1S/C18H17N3O/c1-2-14-8-10-15(11-9-14)20-18(22)17-12-19-13-21(17)16-6-4-3-5-7-16/h3-13H,2H2,1H3,(H,20,22). The molecule has 0 aliphatic rings. The van der Waals surface area contributed by atoms with Crippen molar-refractivity contribution in [3.8, 4) is 5.69 Å². The first-order valence-corrected chi connectivity index (χ1v) is 7.26. The molecule has 0 bridgehead atoms. The second-order valence-corrected chi connectivity index (χ2v) is 4.99. The molecule has 3 rings (SSSR count). The van der Waals surface area contributed by atoms with Crippen LogP contribution in [0.3, 0.4) is 0 Å². The molecule has 3 aromatic rings. The van der Waals surface area contributed by atoms with Gasteiger partial charge in [0.25, 0.3) is 5.91 Å². The molecule has 1 aromatic heterocycles. The lowest BCUT2D eigenvalue weighted by Crippen LogP contribution is -2.16. The molecule has 0 unspecified atom stereocenters. The van der Waals surface area contributed by atoms with E-state index in [-0.39, 0.29) is 5.91 Å². The van der Waals surface area contributed by atoms with Gasteiger partial charge in [0.15, 0.2) is 0 Å². The molecule has 1 N–H and O–H groups in total. The van der Waals surface area contributed by atoms with Crippen LogP contribution in [0.15, 0.2) is 67.1 Å². The van der Waals surface area contributed by atoms with Gasteiger partial charge in [-0.2, -0.15) is 0 Å². The summed E-state index contributed by atoms with van der Waals surface area (Å²) in [4.78, 5) is 16.5. The van der Waals surface area contributed by atoms with E-state index in [0.717, 1.165) is 17.8 Å². The van der Waals surface area contributed by atoms with Crippen LogP contribution in [-0.4, -0.2) is 15.5 Å². The van der Waals surface area contributed by atoms with Gasteiger partial charge in [-0.15, -0.1) is 0 Å². The van der Waals surface area contributed by atoms with E-state index in [2.05, 4.69) is 17.2 Å². The molecule has 0 spiro atoms. The van der Waals surface area contributed by atoms with Gasteiger partial charge in [-0.25, -0.2) is 4.98 Å². The van der Waals surface area contributed by atoms with Crippen molar-refractivity contribution in [1.29, 1.82) is 0 Å². The Labute approximate surface area is 129 Å². The van der Waals surface area contributed by atoms with Crippen molar-refractivity contribution in [2.75, 3.05) is 5.32 Å². The zero-order chi connectivity index (χ0) is 15.4. The molecular weight excluding hydrogens is 274 g/mol. The number of hydrogen-bond acceptors (Lipinski definition) is 2. The van der Waals surface area contributed by atoms with Crippen LogP contribution >= 0.6 is 0 Å². The monoisotopic (exact) mass is 291 g/mol. The van der Waals surface area contributed by atoms with Crippen molar-refractivity contribution in [2.24, 2.45) is 0 Å². The van der Waals surface area contributed by atoms with E-state index in [1.807, 2.05) is 54.6 Å². The summed E-state index contributed by atoms with van der Waals surface area (Å²) in [5.74, 6) is -0.175. The summed E-state index contributed by atoms with van der Waals surface area (Å²) in [6.45, 7) is 2.10. The Hall–Kier alpha value is -2.88. The number of aromatic nitrogens is 2. The Kier molecular flexibility index (Phi) is 4.01. The average molecular weight is 291 g/mol. The molecule has 110 valence electrons. The minimum absolute atomic E-state index is 0.175.